The highest BCUT2D eigenvalue weighted by Crippen LogP contribution is 2.31. The lowest BCUT2D eigenvalue weighted by molar-refractivity contribution is -0.193. The smallest absolute Gasteiger partial charge is 0.475 e. The minimum atomic E-state index is -5.08. The molecule has 0 bridgehead atoms. The molecule has 1 aliphatic carbocycles. The molecule has 1 atom stereocenters. The molecule has 2 aliphatic rings. The number of pyridine rings is 1. The van der Waals surface area contributed by atoms with Crippen LogP contribution in [0.5, 0.6) is 0 Å². The number of halogens is 6. The number of nitrogens with zero attached hydrogens (tertiary/aromatic N) is 5. The molecule has 0 radical (unpaired) electrons. The van der Waals surface area contributed by atoms with Crippen molar-refractivity contribution in [3.05, 3.63) is 41.5 Å². The van der Waals surface area contributed by atoms with Gasteiger partial charge in [-0.1, -0.05) is 11.3 Å². The minimum absolute atomic E-state index is 0.346. The number of rotatable bonds is 7. The van der Waals surface area contributed by atoms with Gasteiger partial charge in [0.05, 0.1) is 12.3 Å². The molecule has 1 saturated carbocycles. The van der Waals surface area contributed by atoms with E-state index < -0.39 is 24.3 Å². The van der Waals surface area contributed by atoms with Gasteiger partial charge in [-0.05, 0) is 37.3 Å². The van der Waals surface area contributed by atoms with Gasteiger partial charge in [0.25, 0.3) is 0 Å². The van der Waals surface area contributed by atoms with Crippen molar-refractivity contribution in [3.63, 3.8) is 0 Å². The van der Waals surface area contributed by atoms with E-state index in [0.717, 1.165) is 51.0 Å². The number of aryl methyl sites for hydroxylation is 1. The van der Waals surface area contributed by atoms with Crippen molar-refractivity contribution < 1.29 is 50.9 Å². The number of carboxylic acids is 2. The van der Waals surface area contributed by atoms with Crippen LogP contribution in [0.4, 0.5) is 26.3 Å². The van der Waals surface area contributed by atoms with E-state index in [2.05, 4.69) is 33.2 Å². The first-order valence-corrected chi connectivity index (χ1v) is 11.4. The first-order valence-electron chi connectivity index (χ1n) is 11.4. The van der Waals surface area contributed by atoms with Crippen molar-refractivity contribution >= 4 is 11.9 Å². The fraction of sp³-hybridized carbons (Fsp3) is 0.591. The van der Waals surface area contributed by atoms with Crippen LogP contribution in [-0.4, -0.2) is 79.1 Å². The lowest BCUT2D eigenvalue weighted by atomic mass is 9.98. The number of aromatic nitrogens is 4. The summed E-state index contributed by atoms with van der Waals surface area (Å²) in [6.07, 6.45) is -3.74. The fourth-order valence-corrected chi connectivity index (χ4v) is 3.49. The number of carbonyl (C=O) groups is 2. The van der Waals surface area contributed by atoms with Crippen LogP contribution < -0.4 is 0 Å². The lowest BCUT2D eigenvalue weighted by Crippen LogP contribution is -2.36. The van der Waals surface area contributed by atoms with E-state index in [4.69, 9.17) is 24.5 Å². The summed E-state index contributed by atoms with van der Waals surface area (Å²) in [5.41, 5.74) is 3.62. The van der Waals surface area contributed by atoms with Crippen LogP contribution in [-0.2, 0) is 34.0 Å². The molecule has 16 heteroatoms. The van der Waals surface area contributed by atoms with Gasteiger partial charge in [-0.15, -0.1) is 5.10 Å². The SMILES string of the molecule is CCn1nnc2c1C(COCC1CC1)CN(Cc1cccnc1)C2.O=C(O)C(F)(F)F.O=C(O)C(F)(F)F. The van der Waals surface area contributed by atoms with Gasteiger partial charge in [-0.2, -0.15) is 26.3 Å². The summed E-state index contributed by atoms with van der Waals surface area (Å²) in [5.74, 6) is -4.37. The molecule has 38 heavy (non-hydrogen) atoms. The monoisotopic (exact) mass is 555 g/mol. The standard InChI is InChI=1S/C18H25N5O.2C2HF3O2/c1-2-23-18-16(13-24-12-14-5-6-14)10-22(11-17(18)20-21-23)9-15-4-3-7-19-8-15;2*3-2(4,5)1(6)7/h3-4,7-8,14,16H,2,5-6,9-13H2,1H3;2*(H,6,7). The van der Waals surface area contributed by atoms with Crippen molar-refractivity contribution in [1.29, 1.82) is 0 Å². The molecule has 1 fully saturated rings. The Balaban J connectivity index is 0.000000301. The molecular weight excluding hydrogens is 528 g/mol. The third kappa shape index (κ3) is 10.2. The summed E-state index contributed by atoms with van der Waals surface area (Å²) < 4.78 is 71.5. The topological polar surface area (TPSA) is 131 Å². The Morgan fingerprint density at radius 3 is 2.16 bits per heavy atom. The highest BCUT2D eigenvalue weighted by atomic mass is 19.4. The summed E-state index contributed by atoms with van der Waals surface area (Å²) in [6.45, 7) is 7.39. The molecule has 0 saturated heterocycles. The number of fused-ring (bicyclic) bond motifs is 1. The predicted molar refractivity (Wildman–Crippen MR) is 118 cm³/mol. The maximum absolute atomic E-state index is 10.6. The Morgan fingerprint density at radius 1 is 1.08 bits per heavy atom. The van der Waals surface area contributed by atoms with Crippen LogP contribution in [0.15, 0.2) is 24.5 Å². The largest absolute Gasteiger partial charge is 0.490 e. The maximum Gasteiger partial charge on any atom is 0.490 e. The molecule has 0 spiro atoms. The molecule has 1 aliphatic heterocycles. The molecule has 4 rings (SSSR count). The molecule has 1 unspecified atom stereocenters. The molecule has 2 aromatic rings. The second-order valence-electron chi connectivity index (χ2n) is 8.55. The first-order chi connectivity index (χ1) is 17.7. The number of alkyl halides is 6. The Morgan fingerprint density at radius 2 is 1.68 bits per heavy atom. The Bertz CT molecular complexity index is 1020. The fourth-order valence-electron chi connectivity index (χ4n) is 3.49. The number of ether oxygens (including phenoxy) is 1. The van der Waals surface area contributed by atoms with Gasteiger partial charge in [0.2, 0.25) is 0 Å². The third-order valence-electron chi connectivity index (χ3n) is 5.37. The minimum Gasteiger partial charge on any atom is -0.475 e. The Kier molecular flexibility index (Phi) is 11.0. The highest BCUT2D eigenvalue weighted by Gasteiger charge is 2.39. The van der Waals surface area contributed by atoms with E-state index in [1.54, 1.807) is 0 Å². The molecule has 2 N–H and O–H groups in total. The normalized spacial score (nSPS) is 17.4. The van der Waals surface area contributed by atoms with E-state index in [-0.39, 0.29) is 0 Å². The first kappa shape index (κ1) is 31.0. The zero-order chi connectivity index (χ0) is 28.5. The van der Waals surface area contributed by atoms with Crippen molar-refractivity contribution in [3.8, 4) is 0 Å². The van der Waals surface area contributed by atoms with Gasteiger partial charge in [0, 0.05) is 51.1 Å². The Hall–Kier alpha value is -3.27. The molecule has 10 nitrogen and oxygen atoms in total. The number of hydrogen-bond donors (Lipinski definition) is 2. The van der Waals surface area contributed by atoms with Crippen LogP contribution in [0.25, 0.3) is 0 Å². The summed E-state index contributed by atoms with van der Waals surface area (Å²) in [5, 5.41) is 23.0. The van der Waals surface area contributed by atoms with E-state index in [9.17, 15) is 26.3 Å². The van der Waals surface area contributed by atoms with Crippen molar-refractivity contribution in [2.75, 3.05) is 19.8 Å². The van der Waals surface area contributed by atoms with E-state index >= 15 is 0 Å². The van der Waals surface area contributed by atoms with E-state index in [0.29, 0.717) is 5.92 Å². The van der Waals surface area contributed by atoms with Crippen LogP contribution in [0, 0.1) is 5.92 Å². The van der Waals surface area contributed by atoms with Gasteiger partial charge >= 0.3 is 24.3 Å². The Labute approximate surface area is 213 Å². The third-order valence-corrected chi connectivity index (χ3v) is 5.37. The number of aliphatic carboxylic acids is 2. The van der Waals surface area contributed by atoms with E-state index in [1.807, 2.05) is 23.1 Å². The quantitative estimate of drug-likeness (QED) is 0.493. The van der Waals surface area contributed by atoms with Crippen LogP contribution in [0.2, 0.25) is 0 Å². The summed E-state index contributed by atoms with van der Waals surface area (Å²) in [7, 11) is 0. The number of hydrogen-bond acceptors (Lipinski definition) is 7. The maximum atomic E-state index is 10.6. The summed E-state index contributed by atoms with van der Waals surface area (Å²) in [4.78, 5) is 24.4. The lowest BCUT2D eigenvalue weighted by Gasteiger charge is -2.32. The second kappa shape index (κ2) is 13.5. The average molecular weight is 555 g/mol. The van der Waals surface area contributed by atoms with Crippen molar-refractivity contribution in [1.82, 2.24) is 24.9 Å². The molecule has 3 heterocycles. The molecule has 212 valence electrons. The molecule has 0 aromatic carbocycles. The molecule has 0 amide bonds. The highest BCUT2D eigenvalue weighted by molar-refractivity contribution is 5.73. The van der Waals surface area contributed by atoms with Crippen LogP contribution in [0.3, 0.4) is 0 Å². The zero-order valence-electron chi connectivity index (χ0n) is 20.2. The summed E-state index contributed by atoms with van der Waals surface area (Å²) in [6, 6.07) is 4.12. The van der Waals surface area contributed by atoms with Gasteiger partial charge < -0.3 is 14.9 Å². The van der Waals surface area contributed by atoms with Crippen molar-refractivity contribution in [2.24, 2.45) is 5.92 Å². The van der Waals surface area contributed by atoms with Gasteiger partial charge in [-0.25, -0.2) is 14.3 Å². The molecule has 2 aromatic heterocycles. The molecular formula is C22H27F6N5O5. The van der Waals surface area contributed by atoms with E-state index in [1.165, 1.54) is 24.1 Å². The van der Waals surface area contributed by atoms with Crippen LogP contribution >= 0.6 is 0 Å². The predicted octanol–water partition coefficient (Wildman–Crippen LogP) is 3.49. The van der Waals surface area contributed by atoms with Crippen molar-refractivity contribution in [2.45, 2.75) is 57.7 Å². The summed E-state index contributed by atoms with van der Waals surface area (Å²) >= 11 is 0. The second-order valence-corrected chi connectivity index (χ2v) is 8.55. The van der Waals surface area contributed by atoms with Gasteiger partial charge in [0.15, 0.2) is 0 Å². The average Bonchev–Trinajstić information content (AvgIpc) is 3.56. The van der Waals surface area contributed by atoms with Gasteiger partial charge in [0.1, 0.15) is 5.69 Å². The number of carboxylic acid groups (broad SMARTS) is 2. The zero-order valence-corrected chi connectivity index (χ0v) is 20.2. The van der Waals surface area contributed by atoms with Gasteiger partial charge in [-0.3, -0.25) is 9.88 Å². The van der Waals surface area contributed by atoms with Crippen LogP contribution in [0.1, 0.15) is 42.6 Å².